The lowest BCUT2D eigenvalue weighted by Crippen LogP contribution is -2.60. The summed E-state index contributed by atoms with van der Waals surface area (Å²) in [6.07, 6.45) is 4.47. The van der Waals surface area contributed by atoms with Gasteiger partial charge >= 0.3 is 0 Å². The maximum Gasteiger partial charge on any atom is 0.225 e. The van der Waals surface area contributed by atoms with Gasteiger partial charge in [0, 0.05) is 38.3 Å². The van der Waals surface area contributed by atoms with Crippen molar-refractivity contribution in [2.45, 2.75) is 50.8 Å². The lowest BCUT2D eigenvalue weighted by atomic mass is 9.96. The molecular formula is C15H29Cl2N3O2. The highest BCUT2D eigenvalue weighted by molar-refractivity contribution is 5.85. The number of piperazine rings is 1. The van der Waals surface area contributed by atoms with Gasteiger partial charge in [0.1, 0.15) is 0 Å². The van der Waals surface area contributed by atoms with Crippen LogP contribution in [-0.4, -0.2) is 73.2 Å². The van der Waals surface area contributed by atoms with Gasteiger partial charge in [0.25, 0.3) is 0 Å². The van der Waals surface area contributed by atoms with Gasteiger partial charge in [0.2, 0.25) is 5.91 Å². The Morgan fingerprint density at radius 2 is 2.09 bits per heavy atom. The highest BCUT2D eigenvalue weighted by atomic mass is 35.5. The number of amides is 1. The zero-order valence-corrected chi connectivity index (χ0v) is 15.0. The van der Waals surface area contributed by atoms with Crippen LogP contribution in [0.1, 0.15) is 32.6 Å². The number of nitrogens with zero attached hydrogens (tertiary/aromatic N) is 2. The molecular weight excluding hydrogens is 325 g/mol. The van der Waals surface area contributed by atoms with Gasteiger partial charge in [-0.3, -0.25) is 9.69 Å². The van der Waals surface area contributed by atoms with Gasteiger partial charge in [-0.05, 0) is 26.3 Å². The van der Waals surface area contributed by atoms with E-state index in [1.54, 1.807) is 0 Å². The first-order valence-electron chi connectivity index (χ1n) is 8.10. The van der Waals surface area contributed by atoms with E-state index in [0.717, 1.165) is 32.8 Å². The highest BCUT2D eigenvalue weighted by Crippen LogP contribution is 2.24. The Morgan fingerprint density at radius 3 is 2.82 bits per heavy atom. The smallest absolute Gasteiger partial charge is 0.225 e. The molecule has 7 heteroatoms. The fourth-order valence-corrected chi connectivity index (χ4v) is 3.76. The molecule has 3 aliphatic heterocycles. The number of carbonyl (C=O) groups is 1. The molecule has 0 aliphatic carbocycles. The average molecular weight is 354 g/mol. The molecule has 130 valence electrons. The Labute approximate surface area is 145 Å². The molecule has 0 aromatic rings. The number of hydrogen-bond acceptors (Lipinski definition) is 4. The first kappa shape index (κ1) is 20.0. The summed E-state index contributed by atoms with van der Waals surface area (Å²) in [5.41, 5.74) is 0. The lowest BCUT2D eigenvalue weighted by Gasteiger charge is -2.47. The van der Waals surface area contributed by atoms with Gasteiger partial charge in [-0.2, -0.15) is 0 Å². The van der Waals surface area contributed by atoms with Crippen LogP contribution in [0.25, 0.3) is 0 Å². The Morgan fingerprint density at radius 1 is 1.27 bits per heavy atom. The summed E-state index contributed by atoms with van der Waals surface area (Å²) in [5.74, 6) is 0.274. The van der Waals surface area contributed by atoms with E-state index in [1.807, 2.05) is 0 Å². The van der Waals surface area contributed by atoms with Crippen molar-refractivity contribution in [2.75, 3.05) is 39.3 Å². The molecule has 0 bridgehead atoms. The molecule has 0 radical (unpaired) electrons. The second-order valence-electron chi connectivity index (χ2n) is 6.44. The van der Waals surface area contributed by atoms with Crippen LogP contribution >= 0.6 is 24.8 Å². The van der Waals surface area contributed by atoms with Crippen LogP contribution in [0.5, 0.6) is 0 Å². The molecule has 3 heterocycles. The van der Waals surface area contributed by atoms with Crippen LogP contribution in [0.15, 0.2) is 0 Å². The Hall–Kier alpha value is -0.0700. The van der Waals surface area contributed by atoms with Gasteiger partial charge in [0.05, 0.1) is 19.1 Å². The predicted octanol–water partition coefficient (Wildman–Crippen LogP) is 1.29. The minimum Gasteiger partial charge on any atom is -0.375 e. The zero-order valence-electron chi connectivity index (χ0n) is 13.3. The van der Waals surface area contributed by atoms with Crippen molar-refractivity contribution in [3.8, 4) is 0 Å². The van der Waals surface area contributed by atoms with E-state index in [1.165, 1.54) is 25.8 Å². The Bertz CT molecular complexity index is 354. The third-order valence-corrected chi connectivity index (χ3v) is 4.91. The molecule has 3 aliphatic rings. The van der Waals surface area contributed by atoms with Crippen LogP contribution in [0.3, 0.4) is 0 Å². The first-order chi connectivity index (χ1) is 9.74. The number of nitrogens with one attached hydrogen (secondary N) is 1. The predicted molar refractivity (Wildman–Crippen MR) is 92.1 cm³/mol. The molecule has 0 aromatic heterocycles. The van der Waals surface area contributed by atoms with Crippen molar-refractivity contribution in [3.63, 3.8) is 0 Å². The number of rotatable bonds is 2. The van der Waals surface area contributed by atoms with Crippen LogP contribution in [0, 0.1) is 0 Å². The van der Waals surface area contributed by atoms with E-state index in [0.29, 0.717) is 18.5 Å². The van der Waals surface area contributed by atoms with Crippen molar-refractivity contribution in [3.05, 3.63) is 0 Å². The van der Waals surface area contributed by atoms with E-state index in [2.05, 4.69) is 22.0 Å². The van der Waals surface area contributed by atoms with E-state index in [-0.39, 0.29) is 36.8 Å². The number of hydrogen-bond donors (Lipinski definition) is 1. The summed E-state index contributed by atoms with van der Waals surface area (Å²) in [6, 6.07) is 0.933. The van der Waals surface area contributed by atoms with Gasteiger partial charge in [0.15, 0.2) is 0 Å². The minimum atomic E-state index is 0. The number of halogens is 2. The second-order valence-corrected chi connectivity index (χ2v) is 6.44. The molecule has 3 rings (SSSR count). The first-order valence-corrected chi connectivity index (χ1v) is 8.10. The van der Waals surface area contributed by atoms with E-state index < -0.39 is 0 Å². The van der Waals surface area contributed by atoms with Crippen LogP contribution < -0.4 is 5.32 Å². The van der Waals surface area contributed by atoms with E-state index in [9.17, 15) is 4.79 Å². The maximum absolute atomic E-state index is 12.6. The summed E-state index contributed by atoms with van der Waals surface area (Å²) in [4.78, 5) is 17.2. The highest BCUT2D eigenvalue weighted by Gasteiger charge is 2.35. The van der Waals surface area contributed by atoms with Gasteiger partial charge in [-0.1, -0.05) is 6.42 Å². The molecule has 3 unspecified atom stereocenters. The van der Waals surface area contributed by atoms with Gasteiger partial charge < -0.3 is 15.0 Å². The fraction of sp³-hybridized carbons (Fsp3) is 0.933. The molecule has 0 spiro atoms. The van der Waals surface area contributed by atoms with Crippen molar-refractivity contribution < 1.29 is 9.53 Å². The molecule has 5 nitrogen and oxygen atoms in total. The molecule has 0 saturated carbocycles. The van der Waals surface area contributed by atoms with Gasteiger partial charge in [-0.15, -0.1) is 24.8 Å². The second kappa shape index (κ2) is 9.28. The SMILES string of the molecule is CC1CN2CCCCC2CN1C(=O)CC1CNCCO1.Cl.Cl. The Kier molecular flexibility index (Phi) is 8.43. The quantitative estimate of drug-likeness (QED) is 0.812. The third kappa shape index (κ3) is 4.71. The van der Waals surface area contributed by atoms with Crippen molar-refractivity contribution in [1.29, 1.82) is 0 Å². The summed E-state index contributed by atoms with van der Waals surface area (Å²) in [7, 11) is 0. The molecule has 3 atom stereocenters. The molecule has 22 heavy (non-hydrogen) atoms. The summed E-state index contributed by atoms with van der Waals surface area (Å²) in [6.45, 7) is 7.80. The Balaban J connectivity index is 0.00000121. The molecule has 1 N–H and O–H groups in total. The zero-order chi connectivity index (χ0) is 13.9. The maximum atomic E-state index is 12.6. The molecule has 1 amide bonds. The monoisotopic (exact) mass is 353 g/mol. The van der Waals surface area contributed by atoms with Crippen molar-refractivity contribution in [2.24, 2.45) is 0 Å². The van der Waals surface area contributed by atoms with Crippen molar-refractivity contribution in [1.82, 2.24) is 15.1 Å². The standard InChI is InChI=1S/C15H27N3O2.2ClH/c1-12-10-17-6-3-2-4-13(17)11-18(12)15(19)8-14-9-16-5-7-20-14;;/h12-14,16H,2-11H2,1H3;2*1H. The number of carbonyl (C=O) groups excluding carboxylic acids is 1. The minimum absolute atomic E-state index is 0. The van der Waals surface area contributed by atoms with Crippen molar-refractivity contribution >= 4 is 30.7 Å². The summed E-state index contributed by atoms with van der Waals surface area (Å²) >= 11 is 0. The molecule has 3 saturated heterocycles. The third-order valence-electron chi connectivity index (χ3n) is 4.91. The summed E-state index contributed by atoms with van der Waals surface area (Å²) in [5, 5.41) is 3.30. The van der Waals surface area contributed by atoms with E-state index in [4.69, 9.17) is 4.74 Å². The molecule has 0 aromatic carbocycles. The number of fused-ring (bicyclic) bond motifs is 1. The fourth-order valence-electron chi connectivity index (χ4n) is 3.76. The topological polar surface area (TPSA) is 44.8 Å². The average Bonchev–Trinajstić information content (AvgIpc) is 2.47. The number of piperidine rings is 1. The van der Waals surface area contributed by atoms with Gasteiger partial charge in [-0.25, -0.2) is 0 Å². The van der Waals surface area contributed by atoms with E-state index >= 15 is 0 Å². The van der Waals surface area contributed by atoms with Crippen LogP contribution in [0.2, 0.25) is 0 Å². The number of ether oxygens (including phenoxy) is 1. The number of morpholine rings is 1. The lowest BCUT2D eigenvalue weighted by molar-refractivity contribution is -0.141. The summed E-state index contributed by atoms with van der Waals surface area (Å²) < 4.78 is 5.66. The largest absolute Gasteiger partial charge is 0.375 e. The van der Waals surface area contributed by atoms with Crippen LogP contribution in [0.4, 0.5) is 0 Å². The normalized spacial score (nSPS) is 32.4. The van der Waals surface area contributed by atoms with Crippen LogP contribution in [-0.2, 0) is 9.53 Å². The molecule has 3 fully saturated rings.